The van der Waals surface area contributed by atoms with E-state index in [2.05, 4.69) is 29.3 Å². The molecule has 1 N–H and O–H groups in total. The van der Waals surface area contributed by atoms with Crippen LogP contribution < -0.4 is 10.1 Å². The van der Waals surface area contributed by atoms with Gasteiger partial charge < -0.3 is 4.74 Å². The van der Waals surface area contributed by atoms with Gasteiger partial charge in [0.15, 0.2) is 0 Å². The van der Waals surface area contributed by atoms with E-state index in [1.807, 2.05) is 43.3 Å². The molecule has 94 valence electrons. The van der Waals surface area contributed by atoms with Crippen LogP contribution in [-0.2, 0) is 0 Å². The number of hydrogen-bond donors (Lipinski definition) is 1. The molecular formula is C17H15NO. The van der Waals surface area contributed by atoms with Gasteiger partial charge in [-0.3, -0.25) is 5.32 Å². The minimum atomic E-state index is 0.141. The van der Waals surface area contributed by atoms with E-state index in [0.29, 0.717) is 6.54 Å². The van der Waals surface area contributed by atoms with Gasteiger partial charge in [-0.2, -0.15) is 0 Å². The molecule has 3 rings (SSSR count). The van der Waals surface area contributed by atoms with Gasteiger partial charge in [0.05, 0.1) is 12.6 Å². The van der Waals surface area contributed by atoms with Crippen LogP contribution in [0.1, 0.15) is 24.1 Å². The summed E-state index contributed by atoms with van der Waals surface area (Å²) in [6.45, 7) is 2.53. The monoisotopic (exact) mass is 249 g/mol. The Kier molecular flexibility index (Phi) is 3.22. The minimum Gasteiger partial charge on any atom is -0.457 e. The van der Waals surface area contributed by atoms with E-state index >= 15 is 0 Å². The molecule has 0 fully saturated rings. The van der Waals surface area contributed by atoms with Gasteiger partial charge in [0.2, 0.25) is 0 Å². The molecule has 2 nitrogen and oxygen atoms in total. The highest BCUT2D eigenvalue weighted by atomic mass is 16.5. The molecule has 1 aliphatic heterocycles. The normalized spacial score (nSPS) is 12.7. The molecule has 1 aliphatic rings. The van der Waals surface area contributed by atoms with Gasteiger partial charge in [-0.15, -0.1) is 5.92 Å². The van der Waals surface area contributed by atoms with Crippen molar-refractivity contribution in [2.24, 2.45) is 0 Å². The summed E-state index contributed by atoms with van der Waals surface area (Å²) in [6, 6.07) is 16.4. The number of para-hydroxylation sites is 2. The van der Waals surface area contributed by atoms with Crippen molar-refractivity contribution in [3.63, 3.8) is 0 Å². The zero-order chi connectivity index (χ0) is 13.1. The van der Waals surface area contributed by atoms with E-state index in [1.165, 1.54) is 11.1 Å². The summed E-state index contributed by atoms with van der Waals surface area (Å²) in [6.07, 6.45) is 0. The Morgan fingerprint density at radius 1 is 1.00 bits per heavy atom. The van der Waals surface area contributed by atoms with Gasteiger partial charge in [-0.25, -0.2) is 0 Å². The highest BCUT2D eigenvalue weighted by Crippen LogP contribution is 2.42. The Morgan fingerprint density at radius 2 is 1.58 bits per heavy atom. The van der Waals surface area contributed by atoms with E-state index in [9.17, 15) is 0 Å². The second-order valence-corrected chi connectivity index (χ2v) is 4.42. The second-order valence-electron chi connectivity index (χ2n) is 4.42. The third-order valence-corrected chi connectivity index (χ3v) is 3.25. The minimum absolute atomic E-state index is 0.141. The van der Waals surface area contributed by atoms with Crippen molar-refractivity contribution in [1.29, 1.82) is 0 Å². The number of nitrogens with one attached hydrogen (secondary N) is 1. The fourth-order valence-electron chi connectivity index (χ4n) is 2.37. The number of fused-ring (bicyclic) bond motifs is 2. The predicted octanol–water partition coefficient (Wildman–Crippen LogP) is 3.49. The lowest BCUT2D eigenvalue weighted by molar-refractivity contribution is 0.433. The van der Waals surface area contributed by atoms with Crippen molar-refractivity contribution in [2.75, 3.05) is 6.54 Å². The molecule has 19 heavy (non-hydrogen) atoms. The smallest absolute Gasteiger partial charge is 0.132 e. The van der Waals surface area contributed by atoms with Gasteiger partial charge in [0.25, 0.3) is 0 Å². The van der Waals surface area contributed by atoms with Gasteiger partial charge in [0, 0.05) is 11.1 Å². The molecule has 0 spiro atoms. The molecule has 1 heterocycles. The SMILES string of the molecule is CC#CCNC1c2ccccc2Oc2ccccc21. The van der Waals surface area contributed by atoms with Crippen LogP contribution in [0.4, 0.5) is 0 Å². The van der Waals surface area contributed by atoms with Crippen LogP contribution >= 0.6 is 0 Å². The fourth-order valence-corrected chi connectivity index (χ4v) is 2.37. The Bertz CT molecular complexity index is 606. The quantitative estimate of drug-likeness (QED) is 0.822. The zero-order valence-corrected chi connectivity index (χ0v) is 10.8. The molecule has 0 aromatic heterocycles. The Balaban J connectivity index is 2.02. The molecular weight excluding hydrogens is 234 g/mol. The molecule has 0 radical (unpaired) electrons. The summed E-state index contributed by atoms with van der Waals surface area (Å²) < 4.78 is 5.94. The summed E-state index contributed by atoms with van der Waals surface area (Å²) in [5.41, 5.74) is 2.33. The third kappa shape index (κ3) is 2.21. The summed E-state index contributed by atoms with van der Waals surface area (Å²) >= 11 is 0. The van der Waals surface area contributed by atoms with Crippen LogP contribution in [0.2, 0.25) is 0 Å². The van der Waals surface area contributed by atoms with E-state index in [4.69, 9.17) is 4.74 Å². The van der Waals surface area contributed by atoms with Gasteiger partial charge in [0.1, 0.15) is 11.5 Å². The summed E-state index contributed by atoms with van der Waals surface area (Å²) in [5.74, 6) is 7.81. The first-order valence-corrected chi connectivity index (χ1v) is 6.39. The second kappa shape index (κ2) is 5.17. The van der Waals surface area contributed by atoms with Gasteiger partial charge in [-0.1, -0.05) is 42.3 Å². The van der Waals surface area contributed by atoms with Crippen LogP contribution in [0, 0.1) is 11.8 Å². The summed E-state index contributed by atoms with van der Waals surface area (Å²) in [4.78, 5) is 0. The lowest BCUT2D eigenvalue weighted by atomic mass is 9.94. The Labute approximate surface area is 113 Å². The lowest BCUT2D eigenvalue weighted by Crippen LogP contribution is -2.25. The van der Waals surface area contributed by atoms with E-state index < -0.39 is 0 Å². The molecule has 2 heteroatoms. The van der Waals surface area contributed by atoms with Crippen LogP contribution in [0.5, 0.6) is 11.5 Å². The first-order chi connectivity index (χ1) is 9.40. The van der Waals surface area contributed by atoms with Crippen LogP contribution in [0.15, 0.2) is 48.5 Å². The van der Waals surface area contributed by atoms with Crippen LogP contribution in [-0.4, -0.2) is 6.54 Å². The van der Waals surface area contributed by atoms with Crippen molar-refractivity contribution in [1.82, 2.24) is 5.32 Å². The van der Waals surface area contributed by atoms with Crippen LogP contribution in [0.25, 0.3) is 0 Å². The molecule has 0 aliphatic carbocycles. The first-order valence-electron chi connectivity index (χ1n) is 6.39. The molecule has 0 bridgehead atoms. The average molecular weight is 249 g/mol. The highest BCUT2D eigenvalue weighted by Gasteiger charge is 2.25. The largest absolute Gasteiger partial charge is 0.457 e. The molecule has 2 aromatic carbocycles. The van der Waals surface area contributed by atoms with Gasteiger partial charge >= 0.3 is 0 Å². The molecule has 0 saturated heterocycles. The molecule has 0 saturated carbocycles. The summed E-state index contributed by atoms with van der Waals surface area (Å²) in [5, 5.41) is 3.48. The lowest BCUT2D eigenvalue weighted by Gasteiger charge is -2.28. The molecule has 0 atom stereocenters. The van der Waals surface area contributed by atoms with Crippen molar-refractivity contribution in [3.8, 4) is 23.3 Å². The van der Waals surface area contributed by atoms with E-state index in [0.717, 1.165) is 11.5 Å². The van der Waals surface area contributed by atoms with Crippen molar-refractivity contribution < 1.29 is 4.74 Å². The molecule has 2 aromatic rings. The average Bonchev–Trinajstić information content (AvgIpc) is 2.46. The standard InChI is InChI=1S/C17H15NO/c1-2-3-12-18-17-13-8-4-6-10-15(13)19-16-11-7-5-9-14(16)17/h4-11,17-18H,12H2,1H3. The maximum Gasteiger partial charge on any atom is 0.132 e. The maximum absolute atomic E-state index is 5.94. The fraction of sp³-hybridized carbons (Fsp3) is 0.176. The van der Waals surface area contributed by atoms with E-state index in [1.54, 1.807) is 0 Å². The molecule has 0 amide bonds. The first kappa shape index (κ1) is 11.8. The third-order valence-electron chi connectivity index (χ3n) is 3.25. The topological polar surface area (TPSA) is 21.3 Å². The maximum atomic E-state index is 5.94. The van der Waals surface area contributed by atoms with E-state index in [-0.39, 0.29) is 6.04 Å². The van der Waals surface area contributed by atoms with Gasteiger partial charge in [-0.05, 0) is 19.1 Å². The predicted molar refractivity (Wildman–Crippen MR) is 76.3 cm³/mol. The summed E-state index contributed by atoms with van der Waals surface area (Å²) in [7, 11) is 0. The van der Waals surface area contributed by atoms with Crippen molar-refractivity contribution in [3.05, 3.63) is 59.7 Å². The van der Waals surface area contributed by atoms with Crippen molar-refractivity contribution in [2.45, 2.75) is 13.0 Å². The Morgan fingerprint density at radius 3 is 2.16 bits per heavy atom. The number of benzene rings is 2. The highest BCUT2D eigenvalue weighted by molar-refractivity contribution is 5.52. The molecule has 0 unspecified atom stereocenters. The van der Waals surface area contributed by atoms with Crippen molar-refractivity contribution >= 4 is 0 Å². The number of rotatable bonds is 2. The number of hydrogen-bond acceptors (Lipinski definition) is 2. The number of ether oxygens (including phenoxy) is 1. The van der Waals surface area contributed by atoms with Crippen LogP contribution in [0.3, 0.4) is 0 Å². The zero-order valence-electron chi connectivity index (χ0n) is 10.8. The Hall–Kier alpha value is -2.24.